The number of nitrogens with two attached hydrogens (primary N) is 1. The number of nitrogens with zero attached hydrogens (tertiary/aromatic N) is 1. The molecule has 2 N–H and O–H groups in total. The molecular formula is C9H11ClN2O2. The minimum Gasteiger partial charge on any atom is -0.380 e. The Bertz CT molecular complexity index is 366. The van der Waals surface area contributed by atoms with E-state index >= 15 is 0 Å². The number of ether oxygens (including phenoxy) is 1. The summed E-state index contributed by atoms with van der Waals surface area (Å²) in [6.45, 7) is 2.08. The maximum absolute atomic E-state index is 11.1. The number of hydrogen-bond acceptors (Lipinski definition) is 3. The van der Waals surface area contributed by atoms with Crippen LogP contribution in [0, 0.1) is 6.92 Å². The molecule has 0 aromatic carbocycles. The maximum Gasteiger partial charge on any atom is 0.252 e. The van der Waals surface area contributed by atoms with Gasteiger partial charge >= 0.3 is 0 Å². The number of aromatic nitrogens is 1. The van der Waals surface area contributed by atoms with Crippen molar-refractivity contribution in [2.45, 2.75) is 13.5 Å². The molecule has 0 radical (unpaired) electrons. The lowest BCUT2D eigenvalue weighted by Gasteiger charge is -2.08. The normalized spacial score (nSPS) is 10.2. The highest BCUT2D eigenvalue weighted by Gasteiger charge is 2.14. The van der Waals surface area contributed by atoms with E-state index in [0.29, 0.717) is 12.2 Å². The molecule has 1 heterocycles. The van der Waals surface area contributed by atoms with Crippen LogP contribution in [-0.4, -0.2) is 18.0 Å². The van der Waals surface area contributed by atoms with Gasteiger partial charge in [-0.2, -0.15) is 0 Å². The molecule has 1 aromatic rings. The van der Waals surface area contributed by atoms with E-state index in [0.717, 1.165) is 5.69 Å². The highest BCUT2D eigenvalue weighted by atomic mass is 35.5. The summed E-state index contributed by atoms with van der Waals surface area (Å²) in [5, 5.41) is 0.129. The van der Waals surface area contributed by atoms with E-state index < -0.39 is 5.91 Å². The van der Waals surface area contributed by atoms with E-state index in [-0.39, 0.29) is 10.7 Å². The zero-order valence-corrected chi connectivity index (χ0v) is 8.76. The number of pyridine rings is 1. The van der Waals surface area contributed by atoms with Crippen LogP contribution in [0.3, 0.4) is 0 Å². The number of hydrogen-bond donors (Lipinski definition) is 1. The molecule has 0 aliphatic carbocycles. The number of halogens is 1. The summed E-state index contributed by atoms with van der Waals surface area (Å²) in [7, 11) is 1.54. The Hall–Kier alpha value is -1.13. The molecule has 1 rings (SSSR count). The van der Waals surface area contributed by atoms with Crippen molar-refractivity contribution in [3.05, 3.63) is 28.0 Å². The van der Waals surface area contributed by atoms with Crippen LogP contribution in [0.5, 0.6) is 0 Å². The Labute approximate surface area is 87.0 Å². The molecule has 76 valence electrons. The molecule has 0 saturated heterocycles. The second-order valence-corrected chi connectivity index (χ2v) is 3.24. The lowest BCUT2D eigenvalue weighted by molar-refractivity contribution is 0.0995. The van der Waals surface area contributed by atoms with Gasteiger partial charge in [-0.3, -0.25) is 4.79 Å². The Balaban J connectivity index is 3.28. The molecule has 0 fully saturated rings. The Morgan fingerprint density at radius 3 is 2.86 bits per heavy atom. The minimum absolute atomic E-state index is 0.129. The molecule has 0 bridgehead atoms. The first-order chi connectivity index (χ1) is 6.56. The number of methoxy groups -OCH3 is 1. The Kier molecular flexibility index (Phi) is 3.43. The average Bonchev–Trinajstić information content (AvgIpc) is 2.01. The fourth-order valence-electron chi connectivity index (χ4n) is 1.23. The summed E-state index contributed by atoms with van der Waals surface area (Å²) in [6.07, 6.45) is 0. The molecule has 4 nitrogen and oxygen atoms in total. The number of aryl methyl sites for hydroxylation is 1. The van der Waals surface area contributed by atoms with Gasteiger partial charge in [0, 0.05) is 12.8 Å². The molecule has 0 spiro atoms. The maximum atomic E-state index is 11.1. The van der Waals surface area contributed by atoms with E-state index in [4.69, 9.17) is 22.1 Å². The van der Waals surface area contributed by atoms with Crippen LogP contribution in [0.1, 0.15) is 21.6 Å². The van der Waals surface area contributed by atoms with Crippen molar-refractivity contribution in [3.8, 4) is 0 Å². The highest BCUT2D eigenvalue weighted by molar-refractivity contribution is 6.32. The lowest BCUT2D eigenvalue weighted by Crippen LogP contribution is -2.16. The molecular weight excluding hydrogens is 204 g/mol. The molecule has 0 atom stereocenters. The number of carbonyl (C=O) groups is 1. The third kappa shape index (κ3) is 2.21. The summed E-state index contributed by atoms with van der Waals surface area (Å²) >= 11 is 5.80. The number of rotatable bonds is 3. The second kappa shape index (κ2) is 4.39. The zero-order valence-electron chi connectivity index (χ0n) is 8.00. The van der Waals surface area contributed by atoms with Gasteiger partial charge in [-0.15, -0.1) is 0 Å². The molecule has 1 amide bonds. The van der Waals surface area contributed by atoms with E-state index in [1.807, 2.05) is 0 Å². The fraction of sp³-hybridized carbons (Fsp3) is 0.333. The predicted molar refractivity (Wildman–Crippen MR) is 53.2 cm³/mol. The molecule has 0 aliphatic rings. The quantitative estimate of drug-likeness (QED) is 0.772. The van der Waals surface area contributed by atoms with Crippen LogP contribution in [0.15, 0.2) is 6.07 Å². The van der Waals surface area contributed by atoms with E-state index in [9.17, 15) is 4.79 Å². The van der Waals surface area contributed by atoms with Gasteiger partial charge in [-0.25, -0.2) is 4.98 Å². The van der Waals surface area contributed by atoms with Gasteiger partial charge in [0.25, 0.3) is 5.91 Å². The summed E-state index contributed by atoms with van der Waals surface area (Å²) in [5.74, 6) is -0.588. The van der Waals surface area contributed by atoms with Crippen molar-refractivity contribution >= 4 is 17.5 Å². The van der Waals surface area contributed by atoms with Gasteiger partial charge in [0.15, 0.2) is 0 Å². The van der Waals surface area contributed by atoms with Gasteiger partial charge in [-0.1, -0.05) is 11.6 Å². The zero-order chi connectivity index (χ0) is 10.7. The van der Waals surface area contributed by atoms with Gasteiger partial charge in [-0.05, 0) is 18.6 Å². The Morgan fingerprint density at radius 1 is 1.71 bits per heavy atom. The third-order valence-corrected chi connectivity index (χ3v) is 2.00. The molecule has 5 heteroatoms. The third-order valence-electron chi connectivity index (χ3n) is 1.73. The van der Waals surface area contributed by atoms with Crippen molar-refractivity contribution in [1.82, 2.24) is 4.98 Å². The van der Waals surface area contributed by atoms with Gasteiger partial charge in [0.05, 0.1) is 12.2 Å². The van der Waals surface area contributed by atoms with Crippen molar-refractivity contribution in [1.29, 1.82) is 0 Å². The summed E-state index contributed by atoms with van der Waals surface area (Å²) < 4.78 is 4.93. The molecule has 1 aromatic heterocycles. The first-order valence-electron chi connectivity index (χ1n) is 4.01. The van der Waals surface area contributed by atoms with E-state index in [2.05, 4.69) is 4.98 Å². The summed E-state index contributed by atoms with van der Waals surface area (Å²) in [4.78, 5) is 15.0. The van der Waals surface area contributed by atoms with Crippen molar-refractivity contribution in [3.63, 3.8) is 0 Å². The molecule has 0 unspecified atom stereocenters. The molecule has 0 saturated carbocycles. The summed E-state index contributed by atoms with van der Waals surface area (Å²) in [5.41, 5.74) is 6.81. The van der Waals surface area contributed by atoms with E-state index in [1.54, 1.807) is 13.0 Å². The number of amides is 1. The first kappa shape index (κ1) is 10.9. The second-order valence-electron chi connectivity index (χ2n) is 2.89. The Morgan fingerprint density at radius 2 is 2.36 bits per heavy atom. The smallest absolute Gasteiger partial charge is 0.252 e. The SMILES string of the molecule is COCc1cc(C)nc(Cl)c1C(N)=O. The van der Waals surface area contributed by atoms with Crippen LogP contribution in [0.2, 0.25) is 5.15 Å². The van der Waals surface area contributed by atoms with Crippen LogP contribution >= 0.6 is 11.6 Å². The van der Waals surface area contributed by atoms with Crippen LogP contribution in [0.25, 0.3) is 0 Å². The van der Waals surface area contributed by atoms with Crippen LogP contribution in [-0.2, 0) is 11.3 Å². The van der Waals surface area contributed by atoms with Crippen molar-refractivity contribution in [2.24, 2.45) is 5.73 Å². The van der Waals surface area contributed by atoms with Crippen molar-refractivity contribution in [2.75, 3.05) is 7.11 Å². The molecule has 14 heavy (non-hydrogen) atoms. The standard InChI is InChI=1S/C9H11ClN2O2/c1-5-3-6(4-14-2)7(9(11)13)8(10)12-5/h3H,4H2,1-2H3,(H2,11,13). The van der Waals surface area contributed by atoms with E-state index in [1.165, 1.54) is 7.11 Å². The summed E-state index contributed by atoms with van der Waals surface area (Å²) in [6, 6.07) is 1.73. The minimum atomic E-state index is -0.588. The lowest BCUT2D eigenvalue weighted by atomic mass is 10.1. The van der Waals surface area contributed by atoms with Gasteiger partial charge in [0.2, 0.25) is 0 Å². The predicted octanol–water partition coefficient (Wildman–Crippen LogP) is 1.29. The monoisotopic (exact) mass is 214 g/mol. The topological polar surface area (TPSA) is 65.2 Å². The first-order valence-corrected chi connectivity index (χ1v) is 4.38. The van der Waals surface area contributed by atoms with Crippen LogP contribution in [0.4, 0.5) is 0 Å². The van der Waals surface area contributed by atoms with Crippen LogP contribution < -0.4 is 5.73 Å². The largest absolute Gasteiger partial charge is 0.380 e. The average molecular weight is 215 g/mol. The highest BCUT2D eigenvalue weighted by Crippen LogP contribution is 2.19. The number of primary amides is 1. The molecule has 0 aliphatic heterocycles. The van der Waals surface area contributed by atoms with Gasteiger partial charge in [0.1, 0.15) is 5.15 Å². The number of carbonyl (C=O) groups excluding carboxylic acids is 1. The van der Waals surface area contributed by atoms with Crippen molar-refractivity contribution < 1.29 is 9.53 Å². The van der Waals surface area contributed by atoms with Gasteiger partial charge < -0.3 is 10.5 Å². The fourth-order valence-corrected chi connectivity index (χ4v) is 1.58.